The van der Waals surface area contributed by atoms with Crippen molar-refractivity contribution in [2.24, 2.45) is 5.92 Å². The molecular weight excluding hydrogens is 390 g/mol. The lowest BCUT2D eigenvalue weighted by atomic mass is 9.98. The van der Waals surface area contributed by atoms with E-state index in [4.69, 9.17) is 11.6 Å². The van der Waals surface area contributed by atoms with Gasteiger partial charge >= 0.3 is 6.03 Å². The number of aromatic amines is 1. The van der Waals surface area contributed by atoms with Crippen LogP contribution in [0.25, 0.3) is 22.0 Å². The molecule has 0 spiro atoms. The number of fused-ring (bicyclic) bond motifs is 1. The number of carbonyl (C=O) groups excluding carboxylic acids is 2. The molecule has 0 saturated carbocycles. The number of nitrogens with zero attached hydrogens (tertiary/aromatic N) is 1. The van der Waals surface area contributed by atoms with E-state index in [2.05, 4.69) is 10.3 Å². The van der Waals surface area contributed by atoms with Crippen LogP contribution in [0.4, 0.5) is 10.5 Å². The molecule has 1 saturated heterocycles. The highest BCUT2D eigenvalue weighted by Crippen LogP contribution is 2.36. The summed E-state index contributed by atoms with van der Waals surface area (Å²) in [6.07, 6.45) is 0.499. The number of imide groups is 1. The molecule has 6 nitrogen and oxygen atoms in total. The Bertz CT molecular complexity index is 1170. The molecule has 1 aromatic heterocycles. The standard InChI is InChI=1S/C22H20ClN3O3/c1-12(2)10-17-21(28)26(22(29)25-17)19-18(13-6-4-3-5-7-13)15-11-14(23)8-9-16(15)24-20(19)27/h3-9,11-12,17H,10H2,1-2H3,(H,24,27)(H,25,29)/t17-/m1/s1. The second-order valence-corrected chi connectivity index (χ2v) is 7.98. The summed E-state index contributed by atoms with van der Waals surface area (Å²) in [4.78, 5) is 42.6. The van der Waals surface area contributed by atoms with Crippen molar-refractivity contribution in [1.29, 1.82) is 0 Å². The third kappa shape index (κ3) is 3.40. The van der Waals surface area contributed by atoms with E-state index in [1.807, 2.05) is 44.2 Å². The van der Waals surface area contributed by atoms with Gasteiger partial charge in [0.1, 0.15) is 11.7 Å². The second kappa shape index (κ2) is 7.37. The maximum absolute atomic E-state index is 13.1. The lowest BCUT2D eigenvalue weighted by molar-refractivity contribution is -0.118. The van der Waals surface area contributed by atoms with Crippen molar-refractivity contribution in [3.05, 3.63) is 63.9 Å². The molecule has 1 atom stereocenters. The van der Waals surface area contributed by atoms with Crippen molar-refractivity contribution in [3.8, 4) is 11.1 Å². The molecule has 3 aromatic rings. The molecule has 0 bridgehead atoms. The maximum Gasteiger partial charge on any atom is 0.329 e. The first-order valence-corrected chi connectivity index (χ1v) is 9.80. The zero-order valence-corrected chi connectivity index (χ0v) is 16.8. The van der Waals surface area contributed by atoms with Gasteiger partial charge < -0.3 is 10.3 Å². The molecule has 0 unspecified atom stereocenters. The number of halogens is 1. The average molecular weight is 410 g/mol. The van der Waals surface area contributed by atoms with Crippen LogP contribution >= 0.6 is 11.6 Å². The third-order valence-corrected chi connectivity index (χ3v) is 5.20. The van der Waals surface area contributed by atoms with Gasteiger partial charge in [0.15, 0.2) is 0 Å². The van der Waals surface area contributed by atoms with Crippen LogP contribution in [0.5, 0.6) is 0 Å². The number of amides is 3. The summed E-state index contributed by atoms with van der Waals surface area (Å²) in [5.74, 6) is -0.209. The second-order valence-electron chi connectivity index (χ2n) is 7.54. The van der Waals surface area contributed by atoms with Crippen LogP contribution in [0.3, 0.4) is 0 Å². The summed E-state index contributed by atoms with van der Waals surface area (Å²) in [6, 6.07) is 13.1. The molecule has 2 N–H and O–H groups in total. The number of H-pyrrole nitrogens is 1. The Morgan fingerprint density at radius 2 is 1.79 bits per heavy atom. The monoisotopic (exact) mass is 409 g/mol. The molecule has 3 amide bonds. The quantitative estimate of drug-likeness (QED) is 0.629. The fraction of sp³-hybridized carbons (Fsp3) is 0.227. The first-order valence-electron chi connectivity index (χ1n) is 9.42. The molecule has 4 rings (SSSR count). The van der Waals surface area contributed by atoms with Gasteiger partial charge in [-0.3, -0.25) is 9.59 Å². The number of hydrogen-bond acceptors (Lipinski definition) is 3. The van der Waals surface area contributed by atoms with E-state index in [9.17, 15) is 14.4 Å². The highest BCUT2D eigenvalue weighted by Gasteiger charge is 2.41. The highest BCUT2D eigenvalue weighted by molar-refractivity contribution is 6.31. The van der Waals surface area contributed by atoms with Crippen molar-refractivity contribution in [3.63, 3.8) is 0 Å². The Labute approximate surface area is 172 Å². The number of aromatic nitrogens is 1. The van der Waals surface area contributed by atoms with E-state index in [1.165, 1.54) is 0 Å². The van der Waals surface area contributed by atoms with Crippen LogP contribution in [0, 0.1) is 5.92 Å². The van der Waals surface area contributed by atoms with E-state index in [0.717, 1.165) is 4.90 Å². The normalized spacial score (nSPS) is 16.7. The maximum atomic E-state index is 13.1. The number of carbonyl (C=O) groups is 2. The third-order valence-electron chi connectivity index (χ3n) is 4.96. The molecule has 0 radical (unpaired) electrons. The highest BCUT2D eigenvalue weighted by atomic mass is 35.5. The minimum absolute atomic E-state index is 0.0136. The van der Waals surface area contributed by atoms with Gasteiger partial charge in [0.05, 0.1) is 0 Å². The zero-order valence-electron chi connectivity index (χ0n) is 16.0. The van der Waals surface area contributed by atoms with Gasteiger partial charge in [-0.25, -0.2) is 9.69 Å². The smallest absolute Gasteiger partial charge is 0.325 e. The largest absolute Gasteiger partial charge is 0.329 e. The fourth-order valence-corrected chi connectivity index (χ4v) is 3.91. The number of urea groups is 1. The Balaban J connectivity index is 2.00. The first kappa shape index (κ1) is 19.2. The number of pyridine rings is 1. The lowest BCUT2D eigenvalue weighted by Gasteiger charge is -2.19. The topological polar surface area (TPSA) is 82.3 Å². The number of anilines is 1. The summed E-state index contributed by atoms with van der Waals surface area (Å²) in [6.45, 7) is 3.95. The van der Waals surface area contributed by atoms with Crippen molar-refractivity contribution >= 4 is 40.1 Å². The summed E-state index contributed by atoms with van der Waals surface area (Å²) >= 11 is 6.22. The Morgan fingerprint density at radius 1 is 1.07 bits per heavy atom. The van der Waals surface area contributed by atoms with Crippen molar-refractivity contribution < 1.29 is 9.59 Å². The number of hydrogen-bond donors (Lipinski definition) is 2. The van der Waals surface area contributed by atoms with Crippen molar-refractivity contribution in [1.82, 2.24) is 10.3 Å². The van der Waals surface area contributed by atoms with Gasteiger partial charge in [-0.05, 0) is 36.1 Å². The van der Waals surface area contributed by atoms with Gasteiger partial charge in [-0.1, -0.05) is 55.8 Å². The molecule has 1 aliphatic heterocycles. The number of nitrogens with one attached hydrogen (secondary N) is 2. The number of rotatable bonds is 4. The van der Waals surface area contributed by atoms with Gasteiger partial charge in [0.2, 0.25) is 0 Å². The predicted octanol–water partition coefficient (Wildman–Crippen LogP) is 4.32. The Morgan fingerprint density at radius 3 is 2.48 bits per heavy atom. The Kier molecular flexibility index (Phi) is 4.88. The van der Waals surface area contributed by atoms with Gasteiger partial charge in [0.25, 0.3) is 11.5 Å². The van der Waals surface area contributed by atoms with Gasteiger partial charge in [0, 0.05) is 21.5 Å². The first-order chi connectivity index (χ1) is 13.9. The van der Waals surface area contributed by atoms with Crippen LogP contribution in [-0.2, 0) is 4.79 Å². The van der Waals surface area contributed by atoms with Crippen molar-refractivity contribution in [2.75, 3.05) is 4.90 Å². The summed E-state index contributed by atoms with van der Waals surface area (Å²) in [7, 11) is 0. The van der Waals surface area contributed by atoms with Crippen molar-refractivity contribution in [2.45, 2.75) is 26.3 Å². The van der Waals surface area contributed by atoms with Crippen LogP contribution < -0.4 is 15.8 Å². The Hall–Kier alpha value is -3.12. The van der Waals surface area contributed by atoms with Crippen LogP contribution in [-0.4, -0.2) is 23.0 Å². The number of benzene rings is 2. The van der Waals surface area contributed by atoms with Gasteiger partial charge in [-0.15, -0.1) is 0 Å². The van der Waals surface area contributed by atoms with E-state index >= 15 is 0 Å². The molecule has 0 aliphatic carbocycles. The minimum atomic E-state index is -0.652. The van der Waals surface area contributed by atoms with Gasteiger partial charge in [-0.2, -0.15) is 0 Å². The molecular formula is C22H20ClN3O3. The molecule has 148 valence electrons. The van der Waals surface area contributed by atoms with E-state index in [1.54, 1.807) is 18.2 Å². The molecule has 2 aromatic carbocycles. The SMILES string of the molecule is CC(C)C[C@H]1NC(=O)N(c2c(-c3ccccc3)c3cc(Cl)ccc3[nH]c2=O)C1=O. The minimum Gasteiger partial charge on any atom is -0.325 e. The zero-order chi connectivity index (χ0) is 20.7. The van der Waals surface area contributed by atoms with Crippen LogP contribution in [0.15, 0.2) is 53.3 Å². The summed E-state index contributed by atoms with van der Waals surface area (Å²) in [5, 5.41) is 3.85. The molecule has 1 aliphatic rings. The molecule has 7 heteroatoms. The predicted molar refractivity (Wildman–Crippen MR) is 114 cm³/mol. The summed E-state index contributed by atoms with van der Waals surface area (Å²) < 4.78 is 0. The summed E-state index contributed by atoms with van der Waals surface area (Å²) in [5.41, 5.74) is 1.30. The lowest BCUT2D eigenvalue weighted by Crippen LogP contribution is -2.36. The average Bonchev–Trinajstić information content (AvgIpc) is 2.94. The van der Waals surface area contributed by atoms with Crippen LogP contribution in [0.1, 0.15) is 20.3 Å². The van der Waals surface area contributed by atoms with E-state index < -0.39 is 23.5 Å². The van der Waals surface area contributed by atoms with E-state index in [-0.39, 0.29) is 11.6 Å². The molecule has 2 heterocycles. The molecule has 1 fully saturated rings. The molecule has 29 heavy (non-hydrogen) atoms. The van der Waals surface area contributed by atoms with Crippen LogP contribution in [0.2, 0.25) is 5.02 Å². The fourth-order valence-electron chi connectivity index (χ4n) is 3.74. The van der Waals surface area contributed by atoms with E-state index in [0.29, 0.717) is 33.5 Å².